The van der Waals surface area contributed by atoms with Crippen molar-refractivity contribution in [1.29, 1.82) is 0 Å². The Kier molecular flexibility index (Phi) is 69.3. The van der Waals surface area contributed by atoms with E-state index in [1.807, 2.05) is 0 Å². The number of aliphatic hydroxyl groups is 1. The lowest BCUT2D eigenvalue weighted by Gasteiger charge is -2.21. The molecule has 0 bridgehead atoms. The summed E-state index contributed by atoms with van der Waals surface area (Å²) in [7, 11) is -9.91. The van der Waals surface area contributed by atoms with Gasteiger partial charge in [0.05, 0.1) is 26.4 Å². The van der Waals surface area contributed by atoms with Gasteiger partial charge in [-0.25, -0.2) is 9.13 Å². The summed E-state index contributed by atoms with van der Waals surface area (Å²) in [5.41, 5.74) is 0. The molecule has 19 heteroatoms. The SMILES string of the molecule is CCCCCCCCCCCCCCCCCCCCCCCCC(=O)O[C@H](COC(=O)CCCCCCCCCCCCCCCC(C)C)COP(=O)(O)OC[C@@H](O)COP(=O)(O)OC[C@@H](COC(=O)CCCCCCCCC(C)C)OC(=O)CCCCCCCCCCCCC. The van der Waals surface area contributed by atoms with Gasteiger partial charge >= 0.3 is 39.5 Å². The van der Waals surface area contributed by atoms with Crippen molar-refractivity contribution in [3.8, 4) is 0 Å². The first-order chi connectivity index (χ1) is 47.4. The number of esters is 4. The summed E-state index contributed by atoms with van der Waals surface area (Å²) in [6.45, 7) is 9.54. The van der Waals surface area contributed by atoms with Crippen molar-refractivity contribution < 1.29 is 80.2 Å². The third-order valence-corrected chi connectivity index (χ3v) is 20.4. The Balaban J connectivity index is 5.18. The van der Waals surface area contributed by atoms with Gasteiger partial charge in [0.15, 0.2) is 12.2 Å². The van der Waals surface area contributed by atoms with Gasteiger partial charge in [-0.1, -0.05) is 363 Å². The lowest BCUT2D eigenvalue weighted by atomic mass is 10.0. The molecule has 0 aromatic carbocycles. The van der Waals surface area contributed by atoms with Gasteiger partial charge < -0.3 is 33.8 Å². The molecule has 0 saturated carbocycles. The van der Waals surface area contributed by atoms with Gasteiger partial charge in [-0.05, 0) is 37.5 Å². The molecule has 0 heterocycles. The van der Waals surface area contributed by atoms with E-state index in [1.54, 1.807) is 0 Å². The van der Waals surface area contributed by atoms with E-state index in [2.05, 4.69) is 41.5 Å². The topological polar surface area (TPSA) is 237 Å². The molecule has 0 spiro atoms. The molecule has 0 aromatic rings. The minimum absolute atomic E-state index is 0.106. The van der Waals surface area contributed by atoms with Crippen molar-refractivity contribution in [2.45, 2.75) is 432 Å². The predicted molar refractivity (Wildman–Crippen MR) is 400 cm³/mol. The van der Waals surface area contributed by atoms with Crippen LogP contribution in [0.25, 0.3) is 0 Å². The molecule has 0 radical (unpaired) electrons. The van der Waals surface area contributed by atoms with Crippen molar-refractivity contribution >= 4 is 39.5 Å². The van der Waals surface area contributed by atoms with E-state index in [0.29, 0.717) is 31.6 Å². The lowest BCUT2D eigenvalue weighted by molar-refractivity contribution is -0.161. The predicted octanol–water partition coefficient (Wildman–Crippen LogP) is 23.5. The zero-order chi connectivity index (χ0) is 72.1. The van der Waals surface area contributed by atoms with Gasteiger partial charge in [-0.15, -0.1) is 0 Å². The maximum Gasteiger partial charge on any atom is 0.472 e. The maximum atomic E-state index is 13.1. The van der Waals surface area contributed by atoms with E-state index in [4.69, 9.17) is 37.0 Å². The number of carbonyl (C=O) groups is 4. The molecule has 17 nitrogen and oxygen atoms in total. The minimum Gasteiger partial charge on any atom is -0.462 e. The first-order valence-electron chi connectivity index (χ1n) is 41.0. The second-order valence-corrected chi connectivity index (χ2v) is 32.3. The van der Waals surface area contributed by atoms with E-state index in [9.17, 15) is 43.2 Å². The van der Waals surface area contributed by atoms with E-state index in [0.717, 1.165) is 102 Å². The van der Waals surface area contributed by atoms with Crippen LogP contribution in [0.15, 0.2) is 0 Å². The summed E-state index contributed by atoms with van der Waals surface area (Å²) in [5, 5.41) is 10.6. The number of hydrogen-bond donors (Lipinski definition) is 3. The van der Waals surface area contributed by atoms with Gasteiger partial charge in [0, 0.05) is 25.7 Å². The number of ether oxygens (including phenoxy) is 4. The fourth-order valence-electron chi connectivity index (χ4n) is 12.2. The molecular weight excluding hydrogens is 1280 g/mol. The Hall–Kier alpha value is -1.94. The second kappa shape index (κ2) is 70.7. The van der Waals surface area contributed by atoms with Crippen molar-refractivity contribution in [3.05, 3.63) is 0 Å². The van der Waals surface area contributed by atoms with Crippen LogP contribution in [0.3, 0.4) is 0 Å². The molecule has 0 aliphatic heterocycles. The average Bonchev–Trinajstić information content (AvgIpc) is 1.28. The summed E-state index contributed by atoms with van der Waals surface area (Å²) in [6.07, 6.45) is 60.0. The number of carbonyl (C=O) groups excluding carboxylic acids is 4. The number of phosphoric ester groups is 2. The highest BCUT2D eigenvalue weighted by molar-refractivity contribution is 7.47. The molecule has 0 aliphatic rings. The highest BCUT2D eigenvalue weighted by atomic mass is 31.2. The van der Waals surface area contributed by atoms with Gasteiger partial charge in [0.2, 0.25) is 0 Å². The van der Waals surface area contributed by atoms with Crippen molar-refractivity contribution in [2.24, 2.45) is 11.8 Å². The Labute approximate surface area is 600 Å². The summed E-state index contributed by atoms with van der Waals surface area (Å²) in [6, 6.07) is 0. The second-order valence-electron chi connectivity index (χ2n) is 29.4. The maximum absolute atomic E-state index is 13.1. The summed E-state index contributed by atoms with van der Waals surface area (Å²) in [5.74, 6) is -0.644. The van der Waals surface area contributed by atoms with Crippen molar-refractivity contribution in [1.82, 2.24) is 0 Å². The lowest BCUT2D eigenvalue weighted by Crippen LogP contribution is -2.30. The van der Waals surface area contributed by atoms with Gasteiger partial charge in [-0.3, -0.25) is 37.3 Å². The van der Waals surface area contributed by atoms with E-state index >= 15 is 0 Å². The van der Waals surface area contributed by atoms with Gasteiger partial charge in [0.25, 0.3) is 0 Å². The van der Waals surface area contributed by atoms with E-state index in [1.165, 1.54) is 225 Å². The fourth-order valence-corrected chi connectivity index (χ4v) is 13.8. The largest absolute Gasteiger partial charge is 0.472 e. The fraction of sp³-hybridized carbons (Fsp3) is 0.949. The van der Waals surface area contributed by atoms with Crippen LogP contribution in [0.5, 0.6) is 0 Å². The van der Waals surface area contributed by atoms with E-state index in [-0.39, 0.29) is 25.7 Å². The molecule has 3 N–H and O–H groups in total. The molecule has 582 valence electrons. The third kappa shape index (κ3) is 72.4. The standard InChI is InChI=1S/C79H154O17P2/c1-7-9-11-13-15-17-19-20-21-22-23-24-25-26-27-28-31-36-40-44-52-58-64-79(84)95-74(67-89-76(81)61-55-49-42-38-35-32-29-30-34-37-41-47-53-59-71(3)4)69-93-97(85,86)91-65-73(80)66-92-98(87,88)94-70-75(68-90-77(82)62-56-50-46-45-48-54-60-72(5)6)96-78(83)63-57-51-43-39-33-18-16-14-12-10-8-2/h71-75,80H,7-70H2,1-6H3,(H,85,86)(H,87,88)/t73-,74-,75-/m1/s1. The van der Waals surface area contributed by atoms with Crippen LogP contribution in [0.2, 0.25) is 0 Å². The van der Waals surface area contributed by atoms with Crippen molar-refractivity contribution in [2.75, 3.05) is 39.6 Å². The molecule has 0 amide bonds. The summed E-state index contributed by atoms with van der Waals surface area (Å²) < 4.78 is 68.5. The Morgan fingerprint density at radius 3 is 0.694 bits per heavy atom. The van der Waals surface area contributed by atoms with Crippen LogP contribution in [0.1, 0.15) is 414 Å². The summed E-state index contributed by atoms with van der Waals surface area (Å²) in [4.78, 5) is 72.8. The van der Waals surface area contributed by atoms with Crippen LogP contribution >= 0.6 is 15.6 Å². The molecule has 0 aromatic heterocycles. The summed E-state index contributed by atoms with van der Waals surface area (Å²) >= 11 is 0. The molecule has 0 rings (SSSR count). The molecular formula is C79H154O17P2. The Morgan fingerprint density at radius 1 is 0.276 bits per heavy atom. The molecule has 5 atom stereocenters. The molecule has 0 aliphatic carbocycles. The number of unbranched alkanes of at least 4 members (excludes halogenated alkanes) is 48. The number of aliphatic hydroxyl groups excluding tert-OH is 1. The van der Waals surface area contributed by atoms with Crippen molar-refractivity contribution in [3.63, 3.8) is 0 Å². The first-order valence-corrected chi connectivity index (χ1v) is 44.0. The number of phosphoric acid groups is 2. The quantitative estimate of drug-likeness (QED) is 0.0222. The molecule has 2 unspecified atom stereocenters. The Morgan fingerprint density at radius 2 is 0.469 bits per heavy atom. The van der Waals surface area contributed by atoms with E-state index < -0.39 is 97.5 Å². The highest BCUT2D eigenvalue weighted by Gasteiger charge is 2.30. The zero-order valence-electron chi connectivity index (χ0n) is 64.1. The van der Waals surface area contributed by atoms with Crippen LogP contribution in [-0.2, 0) is 65.4 Å². The molecule has 98 heavy (non-hydrogen) atoms. The smallest absolute Gasteiger partial charge is 0.462 e. The minimum atomic E-state index is -4.96. The molecule has 0 saturated heterocycles. The van der Waals surface area contributed by atoms with Gasteiger partial charge in [-0.2, -0.15) is 0 Å². The monoisotopic (exact) mass is 1440 g/mol. The van der Waals surface area contributed by atoms with Crippen LogP contribution in [-0.4, -0.2) is 96.7 Å². The van der Waals surface area contributed by atoms with Crippen LogP contribution in [0, 0.1) is 11.8 Å². The average molecular weight is 1440 g/mol. The highest BCUT2D eigenvalue weighted by Crippen LogP contribution is 2.45. The third-order valence-electron chi connectivity index (χ3n) is 18.5. The van der Waals surface area contributed by atoms with Crippen LogP contribution < -0.4 is 0 Å². The van der Waals surface area contributed by atoms with Crippen LogP contribution in [0.4, 0.5) is 0 Å². The number of rotatable bonds is 78. The Bertz CT molecular complexity index is 1890. The molecule has 0 fully saturated rings. The first kappa shape index (κ1) is 96.1. The van der Waals surface area contributed by atoms with Gasteiger partial charge in [0.1, 0.15) is 19.3 Å². The zero-order valence-corrected chi connectivity index (χ0v) is 65.9. The number of hydrogen-bond acceptors (Lipinski definition) is 15. The normalized spacial score (nSPS) is 13.9.